The van der Waals surface area contributed by atoms with Crippen LogP contribution in [0, 0.1) is 10.9 Å². The number of thiazole rings is 1. The normalized spacial score (nSPS) is 13.0. The number of hydrogen-bond acceptors (Lipinski definition) is 7. The van der Waals surface area contributed by atoms with Gasteiger partial charge in [0.05, 0.1) is 12.2 Å². The molecule has 0 aliphatic heterocycles. The number of carbonyl (C=O) groups excluding carboxylic acids is 2. The van der Waals surface area contributed by atoms with Crippen LogP contribution in [0.25, 0.3) is 5.69 Å². The third kappa shape index (κ3) is 4.17. The van der Waals surface area contributed by atoms with Crippen LogP contribution >= 0.6 is 34.9 Å². The number of nitrogen functional groups attached to an aromatic ring is 1. The number of aryl methyl sites for hydroxylation is 2. The Morgan fingerprint density at radius 3 is 2.61 bits per heavy atom. The van der Waals surface area contributed by atoms with Crippen molar-refractivity contribution in [3.63, 3.8) is 0 Å². The Kier molecular flexibility index (Phi) is 6.27. The first-order valence-electron chi connectivity index (χ1n) is 10.1. The number of carbonyl (C=O) groups is 2. The van der Waals surface area contributed by atoms with E-state index in [1.54, 1.807) is 11.5 Å². The van der Waals surface area contributed by atoms with Crippen LogP contribution in [0.5, 0.6) is 0 Å². The van der Waals surface area contributed by atoms with Gasteiger partial charge in [0.2, 0.25) is 0 Å². The van der Waals surface area contributed by atoms with E-state index in [1.165, 1.54) is 11.3 Å². The second kappa shape index (κ2) is 8.94. The molecule has 31 heavy (non-hydrogen) atoms. The van der Waals surface area contributed by atoms with E-state index in [4.69, 9.17) is 22.7 Å². The zero-order valence-electron chi connectivity index (χ0n) is 17.3. The van der Waals surface area contributed by atoms with Crippen molar-refractivity contribution >= 4 is 57.6 Å². The number of benzene rings is 1. The number of fused-ring (bicyclic) bond motifs is 1. The van der Waals surface area contributed by atoms with Gasteiger partial charge in [-0.15, -0.1) is 11.3 Å². The Hall–Kier alpha value is -2.49. The van der Waals surface area contributed by atoms with Gasteiger partial charge in [-0.05, 0) is 69.4 Å². The Morgan fingerprint density at radius 1 is 1.19 bits per heavy atom. The highest BCUT2D eigenvalue weighted by molar-refractivity contribution is 7.73. The lowest BCUT2D eigenvalue weighted by Gasteiger charge is -2.12. The minimum atomic E-state index is -0.393. The number of amides is 1. The summed E-state index contributed by atoms with van der Waals surface area (Å²) in [7, 11) is 0. The van der Waals surface area contributed by atoms with Crippen molar-refractivity contribution in [2.24, 2.45) is 0 Å². The number of rotatable bonds is 5. The third-order valence-electron chi connectivity index (χ3n) is 5.22. The van der Waals surface area contributed by atoms with Gasteiger partial charge in [-0.3, -0.25) is 9.36 Å². The summed E-state index contributed by atoms with van der Waals surface area (Å²) >= 11 is 8.09. The SMILES string of the molecule is CCOC(=O)c1c(NC(=O)c2sc(=S)n(-c3ccc(C)cc3)c2N)sc2c1CCCC2. The van der Waals surface area contributed by atoms with Crippen molar-refractivity contribution < 1.29 is 14.3 Å². The molecule has 0 fully saturated rings. The van der Waals surface area contributed by atoms with Crippen molar-refractivity contribution in [1.82, 2.24) is 4.57 Å². The first-order valence-corrected chi connectivity index (χ1v) is 12.2. The smallest absolute Gasteiger partial charge is 0.341 e. The van der Waals surface area contributed by atoms with Crippen molar-refractivity contribution in [3.05, 3.63) is 54.7 Å². The first-order chi connectivity index (χ1) is 14.9. The molecule has 0 saturated heterocycles. The second-order valence-corrected chi connectivity index (χ2v) is 10.1. The molecule has 0 atom stereocenters. The lowest BCUT2D eigenvalue weighted by atomic mass is 9.95. The number of nitrogens with zero attached hydrogens (tertiary/aromatic N) is 1. The maximum atomic E-state index is 13.1. The minimum absolute atomic E-state index is 0.282. The molecule has 2 heterocycles. The van der Waals surface area contributed by atoms with E-state index < -0.39 is 5.97 Å². The Labute approximate surface area is 193 Å². The van der Waals surface area contributed by atoms with Crippen LogP contribution in [-0.4, -0.2) is 23.1 Å². The van der Waals surface area contributed by atoms with Crippen LogP contribution in [0.3, 0.4) is 0 Å². The maximum absolute atomic E-state index is 13.1. The maximum Gasteiger partial charge on any atom is 0.341 e. The average molecular weight is 474 g/mol. The number of hydrogen-bond donors (Lipinski definition) is 2. The Morgan fingerprint density at radius 2 is 1.90 bits per heavy atom. The van der Waals surface area contributed by atoms with Gasteiger partial charge >= 0.3 is 5.97 Å². The summed E-state index contributed by atoms with van der Waals surface area (Å²) in [6.45, 7) is 4.06. The topological polar surface area (TPSA) is 86.3 Å². The highest BCUT2D eigenvalue weighted by atomic mass is 32.1. The van der Waals surface area contributed by atoms with E-state index in [1.807, 2.05) is 31.2 Å². The van der Waals surface area contributed by atoms with Crippen molar-refractivity contribution in [3.8, 4) is 5.69 Å². The predicted molar refractivity (Wildman–Crippen MR) is 129 cm³/mol. The third-order valence-corrected chi connectivity index (χ3v) is 7.82. The summed E-state index contributed by atoms with van der Waals surface area (Å²) in [5, 5.41) is 3.44. The monoisotopic (exact) mass is 473 g/mol. The summed E-state index contributed by atoms with van der Waals surface area (Å²) in [6.07, 6.45) is 3.84. The van der Waals surface area contributed by atoms with Gasteiger partial charge in [0.15, 0.2) is 3.95 Å². The molecule has 1 aliphatic rings. The summed E-state index contributed by atoms with van der Waals surface area (Å²) < 4.78 is 7.45. The van der Waals surface area contributed by atoms with Crippen LogP contribution in [0.1, 0.15) is 55.8 Å². The zero-order chi connectivity index (χ0) is 22.1. The predicted octanol–water partition coefficient (Wildman–Crippen LogP) is 5.53. The first kappa shape index (κ1) is 21.7. The van der Waals surface area contributed by atoms with Crippen molar-refractivity contribution in [1.29, 1.82) is 0 Å². The summed E-state index contributed by atoms with van der Waals surface area (Å²) in [5.41, 5.74) is 9.74. The number of aromatic nitrogens is 1. The zero-order valence-corrected chi connectivity index (χ0v) is 19.8. The van der Waals surface area contributed by atoms with Gasteiger partial charge in [0.1, 0.15) is 15.7 Å². The lowest BCUT2D eigenvalue weighted by Crippen LogP contribution is -2.16. The lowest BCUT2D eigenvalue weighted by molar-refractivity contribution is 0.0526. The van der Waals surface area contributed by atoms with E-state index in [0.29, 0.717) is 19.4 Å². The van der Waals surface area contributed by atoms with E-state index in [9.17, 15) is 9.59 Å². The molecule has 3 N–H and O–H groups in total. The van der Waals surface area contributed by atoms with Gasteiger partial charge in [0, 0.05) is 10.6 Å². The summed E-state index contributed by atoms with van der Waals surface area (Å²) in [5.74, 6) is -0.478. The molecule has 0 saturated carbocycles. The van der Waals surface area contributed by atoms with Crippen LogP contribution in [-0.2, 0) is 17.6 Å². The minimum Gasteiger partial charge on any atom is -0.462 e. The fourth-order valence-electron chi connectivity index (χ4n) is 3.72. The molecular formula is C22H23N3O3S3. The highest BCUT2D eigenvalue weighted by Gasteiger charge is 2.28. The fourth-order valence-corrected chi connectivity index (χ4v) is 6.25. The van der Waals surface area contributed by atoms with Crippen LogP contribution in [0.15, 0.2) is 24.3 Å². The summed E-state index contributed by atoms with van der Waals surface area (Å²) in [6, 6.07) is 7.77. The number of ether oxygens (including phenoxy) is 1. The second-order valence-electron chi connectivity index (χ2n) is 7.34. The molecule has 162 valence electrons. The number of esters is 1. The molecular weight excluding hydrogens is 450 g/mol. The van der Waals surface area contributed by atoms with Gasteiger partial charge in [0.25, 0.3) is 5.91 Å². The molecule has 3 aromatic rings. The van der Waals surface area contributed by atoms with E-state index in [2.05, 4.69) is 5.32 Å². The highest BCUT2D eigenvalue weighted by Crippen LogP contribution is 2.39. The van der Waals surface area contributed by atoms with Crippen molar-refractivity contribution in [2.45, 2.75) is 39.5 Å². The number of thiophene rings is 1. The Bertz CT molecular complexity index is 1210. The molecule has 9 heteroatoms. The standard InChI is InChI=1S/C22H23N3O3S3/c1-3-28-21(27)16-14-6-4-5-7-15(14)30-20(16)24-19(26)17-18(23)25(22(29)31-17)13-10-8-12(2)9-11-13/h8-11H,3-7,23H2,1-2H3,(H,24,26). The van der Waals surface area contributed by atoms with Crippen molar-refractivity contribution in [2.75, 3.05) is 17.7 Å². The van der Waals surface area contributed by atoms with Gasteiger partial charge in [-0.2, -0.15) is 0 Å². The molecule has 0 radical (unpaired) electrons. The molecule has 6 nitrogen and oxygen atoms in total. The fraction of sp³-hybridized carbons (Fsp3) is 0.318. The van der Waals surface area contributed by atoms with E-state index >= 15 is 0 Å². The van der Waals surface area contributed by atoms with E-state index in [0.717, 1.165) is 58.7 Å². The van der Waals surface area contributed by atoms with E-state index in [-0.39, 0.29) is 18.3 Å². The van der Waals surface area contributed by atoms with Gasteiger partial charge < -0.3 is 15.8 Å². The largest absolute Gasteiger partial charge is 0.462 e. The van der Waals surface area contributed by atoms with Crippen LogP contribution in [0.2, 0.25) is 0 Å². The number of nitrogens with one attached hydrogen (secondary N) is 1. The molecule has 4 rings (SSSR count). The quantitative estimate of drug-likeness (QED) is 0.376. The van der Waals surface area contributed by atoms with Gasteiger partial charge in [-0.25, -0.2) is 4.79 Å². The molecule has 1 aromatic carbocycles. The average Bonchev–Trinajstić information content (AvgIpc) is 3.25. The van der Waals surface area contributed by atoms with Gasteiger partial charge in [-0.1, -0.05) is 29.0 Å². The molecule has 0 unspecified atom stereocenters. The molecule has 1 aliphatic carbocycles. The molecule has 1 amide bonds. The molecule has 0 spiro atoms. The van der Waals surface area contributed by atoms with Crippen LogP contribution in [0.4, 0.5) is 10.8 Å². The molecule has 0 bridgehead atoms. The summed E-state index contributed by atoms with van der Waals surface area (Å²) in [4.78, 5) is 27.3. The molecule has 2 aromatic heterocycles. The number of anilines is 2. The Balaban J connectivity index is 1.69. The van der Waals surface area contributed by atoms with Crippen LogP contribution < -0.4 is 11.1 Å². The number of nitrogens with two attached hydrogens (primary N) is 1.